The number of hydrogen-bond acceptors (Lipinski definition) is 5. The minimum atomic E-state index is -4.49. The number of ether oxygens (including phenoxy) is 1. The van der Waals surface area contributed by atoms with E-state index in [0.29, 0.717) is 10.3 Å². The smallest absolute Gasteiger partial charge is 0.405 e. The molecule has 1 saturated heterocycles. The molecule has 0 unspecified atom stereocenters. The van der Waals surface area contributed by atoms with Crippen molar-refractivity contribution in [3.63, 3.8) is 0 Å². The molecule has 3 rings (SSSR count). The van der Waals surface area contributed by atoms with Crippen LogP contribution in [0, 0.1) is 0 Å². The molecule has 1 aliphatic heterocycles. The molecule has 0 radical (unpaired) electrons. The van der Waals surface area contributed by atoms with Crippen LogP contribution in [0.15, 0.2) is 48.5 Å². The van der Waals surface area contributed by atoms with E-state index in [9.17, 15) is 22.8 Å². The second-order valence-corrected chi connectivity index (χ2v) is 9.08. The number of hydrogen-bond donors (Lipinski definition) is 2. The maximum Gasteiger partial charge on any atom is 0.405 e. The number of thioether (sulfide) groups is 2. The summed E-state index contributed by atoms with van der Waals surface area (Å²) in [5.74, 6) is 1.51. The molecule has 0 spiro atoms. The highest BCUT2D eigenvalue weighted by atomic mass is 32.2. The maximum absolute atomic E-state index is 12.2. The predicted octanol–water partition coefficient (Wildman–Crippen LogP) is 4.47. The van der Waals surface area contributed by atoms with E-state index >= 15 is 0 Å². The first-order chi connectivity index (χ1) is 14.3. The lowest BCUT2D eigenvalue weighted by molar-refractivity contribution is -0.123. The molecule has 1 aliphatic rings. The van der Waals surface area contributed by atoms with E-state index in [1.54, 1.807) is 5.32 Å². The number of anilines is 1. The summed E-state index contributed by atoms with van der Waals surface area (Å²) in [6.07, 6.45) is -4.49. The molecule has 160 valence electrons. The van der Waals surface area contributed by atoms with Crippen molar-refractivity contribution in [2.75, 3.05) is 30.0 Å². The van der Waals surface area contributed by atoms with Crippen LogP contribution in [-0.4, -0.2) is 42.6 Å². The van der Waals surface area contributed by atoms with E-state index in [-0.39, 0.29) is 17.9 Å². The first-order valence-electron chi connectivity index (χ1n) is 9.01. The summed E-state index contributed by atoms with van der Waals surface area (Å²) in [7, 11) is 0. The fraction of sp³-hybridized carbons (Fsp3) is 0.300. The largest absolute Gasteiger partial charge is 0.484 e. The molecule has 2 aromatic rings. The Kier molecular flexibility index (Phi) is 7.54. The van der Waals surface area contributed by atoms with Gasteiger partial charge in [0.2, 0.25) is 0 Å². The number of rotatable bonds is 7. The van der Waals surface area contributed by atoms with Gasteiger partial charge in [0.1, 0.15) is 12.3 Å². The molecule has 1 fully saturated rings. The SMILES string of the molecule is O=C(COc1ccc(C2SCCS2)cc1)Nc1cccc(C(=O)NCC(F)(F)F)c1. The van der Waals surface area contributed by atoms with Crippen LogP contribution in [0.5, 0.6) is 5.75 Å². The third-order valence-corrected chi connectivity index (χ3v) is 7.11. The third kappa shape index (κ3) is 6.88. The summed E-state index contributed by atoms with van der Waals surface area (Å²) in [6.45, 7) is -1.66. The molecule has 5 nitrogen and oxygen atoms in total. The average molecular weight is 457 g/mol. The third-order valence-electron chi connectivity index (χ3n) is 4.00. The Hall–Kier alpha value is -2.33. The van der Waals surface area contributed by atoms with Crippen LogP contribution in [0.4, 0.5) is 18.9 Å². The summed E-state index contributed by atoms with van der Waals surface area (Å²) in [5.41, 5.74) is 1.50. The monoisotopic (exact) mass is 456 g/mol. The van der Waals surface area contributed by atoms with Crippen molar-refractivity contribution in [3.8, 4) is 5.75 Å². The van der Waals surface area contributed by atoms with Crippen molar-refractivity contribution in [3.05, 3.63) is 59.7 Å². The summed E-state index contributed by atoms with van der Waals surface area (Å²) in [5, 5.41) is 4.35. The van der Waals surface area contributed by atoms with Crippen LogP contribution < -0.4 is 15.4 Å². The highest BCUT2D eigenvalue weighted by Gasteiger charge is 2.28. The van der Waals surface area contributed by atoms with E-state index in [1.165, 1.54) is 29.8 Å². The normalized spacial score (nSPS) is 14.4. The lowest BCUT2D eigenvalue weighted by Gasteiger charge is -2.11. The molecule has 0 saturated carbocycles. The molecule has 2 aromatic carbocycles. The Morgan fingerprint density at radius 1 is 1.07 bits per heavy atom. The van der Waals surface area contributed by atoms with E-state index < -0.39 is 24.5 Å². The summed E-state index contributed by atoms with van der Waals surface area (Å²) in [6, 6.07) is 13.2. The topological polar surface area (TPSA) is 67.4 Å². The summed E-state index contributed by atoms with van der Waals surface area (Å²) >= 11 is 3.80. The zero-order valence-corrected chi connectivity index (χ0v) is 17.3. The van der Waals surface area contributed by atoms with Gasteiger partial charge >= 0.3 is 6.18 Å². The molecule has 0 aliphatic carbocycles. The van der Waals surface area contributed by atoms with Crippen molar-refractivity contribution in [2.45, 2.75) is 10.8 Å². The average Bonchev–Trinajstić information content (AvgIpc) is 3.25. The summed E-state index contributed by atoms with van der Waals surface area (Å²) < 4.78 is 42.6. The van der Waals surface area contributed by atoms with Crippen LogP contribution in [0.1, 0.15) is 20.5 Å². The number of alkyl halides is 3. The van der Waals surface area contributed by atoms with Crippen molar-refractivity contribution in [1.82, 2.24) is 5.32 Å². The van der Waals surface area contributed by atoms with Crippen LogP contribution in [0.2, 0.25) is 0 Å². The Labute approximate surface area is 180 Å². The molecular weight excluding hydrogens is 437 g/mol. The minimum absolute atomic E-state index is 0.0104. The molecule has 0 atom stereocenters. The van der Waals surface area contributed by atoms with Crippen LogP contribution in [-0.2, 0) is 4.79 Å². The molecule has 0 aromatic heterocycles. The van der Waals surface area contributed by atoms with Gasteiger partial charge in [-0.3, -0.25) is 9.59 Å². The summed E-state index contributed by atoms with van der Waals surface area (Å²) in [4.78, 5) is 23.9. The van der Waals surface area contributed by atoms with Gasteiger partial charge in [-0.25, -0.2) is 0 Å². The highest BCUT2D eigenvalue weighted by molar-refractivity contribution is 8.19. The highest BCUT2D eigenvalue weighted by Crippen LogP contribution is 2.45. The number of amides is 2. The first kappa shape index (κ1) is 22.4. The number of carbonyl (C=O) groups is 2. The van der Waals surface area contributed by atoms with Crippen molar-refractivity contribution < 1.29 is 27.5 Å². The molecule has 10 heteroatoms. The predicted molar refractivity (Wildman–Crippen MR) is 113 cm³/mol. The van der Waals surface area contributed by atoms with Gasteiger partial charge in [0.15, 0.2) is 6.61 Å². The maximum atomic E-state index is 12.2. The van der Waals surface area contributed by atoms with Gasteiger partial charge in [-0.05, 0) is 35.9 Å². The standard InChI is InChI=1S/C20H19F3N2O3S2/c21-20(22,23)12-24-18(27)14-2-1-3-15(10-14)25-17(26)11-28-16-6-4-13(5-7-16)19-29-8-9-30-19/h1-7,10,19H,8-9,11-12H2,(H,24,27)(H,25,26). The zero-order chi connectivity index (χ0) is 21.6. The van der Waals surface area contributed by atoms with Crippen LogP contribution in [0.3, 0.4) is 0 Å². The number of halogens is 3. The Bertz CT molecular complexity index is 886. The fourth-order valence-electron chi connectivity index (χ4n) is 2.64. The van der Waals surface area contributed by atoms with Crippen LogP contribution in [0.25, 0.3) is 0 Å². The second kappa shape index (κ2) is 10.1. The van der Waals surface area contributed by atoms with Gasteiger partial charge in [0.05, 0.1) is 4.58 Å². The lowest BCUT2D eigenvalue weighted by atomic mass is 10.2. The van der Waals surface area contributed by atoms with Gasteiger partial charge in [0, 0.05) is 22.8 Å². The minimum Gasteiger partial charge on any atom is -0.484 e. The van der Waals surface area contributed by atoms with E-state index in [2.05, 4.69) is 5.32 Å². The number of nitrogens with one attached hydrogen (secondary N) is 2. The van der Waals surface area contributed by atoms with Crippen molar-refractivity contribution in [2.24, 2.45) is 0 Å². The fourth-order valence-corrected chi connectivity index (χ4v) is 5.50. The van der Waals surface area contributed by atoms with E-state index in [4.69, 9.17) is 4.74 Å². The van der Waals surface area contributed by atoms with Gasteiger partial charge in [-0.2, -0.15) is 13.2 Å². The van der Waals surface area contributed by atoms with E-state index in [1.807, 2.05) is 47.8 Å². The number of carbonyl (C=O) groups excluding carboxylic acids is 2. The first-order valence-corrected chi connectivity index (χ1v) is 11.1. The molecule has 30 heavy (non-hydrogen) atoms. The van der Waals surface area contributed by atoms with Crippen molar-refractivity contribution >= 4 is 41.0 Å². The molecular formula is C20H19F3N2O3S2. The molecule has 1 heterocycles. The van der Waals surface area contributed by atoms with Gasteiger partial charge in [-0.15, -0.1) is 23.5 Å². The van der Waals surface area contributed by atoms with Gasteiger partial charge in [0.25, 0.3) is 11.8 Å². The van der Waals surface area contributed by atoms with E-state index in [0.717, 1.165) is 11.5 Å². The van der Waals surface area contributed by atoms with Crippen molar-refractivity contribution in [1.29, 1.82) is 0 Å². The second-order valence-electron chi connectivity index (χ2n) is 6.36. The van der Waals surface area contributed by atoms with Gasteiger partial charge < -0.3 is 15.4 Å². The van der Waals surface area contributed by atoms with Gasteiger partial charge in [-0.1, -0.05) is 18.2 Å². The Morgan fingerprint density at radius 3 is 2.43 bits per heavy atom. The Balaban J connectivity index is 1.49. The Morgan fingerprint density at radius 2 is 1.77 bits per heavy atom. The van der Waals surface area contributed by atoms with Crippen LogP contribution >= 0.6 is 23.5 Å². The molecule has 0 bridgehead atoms. The quantitative estimate of drug-likeness (QED) is 0.643. The molecule has 2 N–H and O–H groups in total. The zero-order valence-electron chi connectivity index (χ0n) is 15.7. The molecule has 2 amide bonds. The number of benzene rings is 2. The lowest BCUT2D eigenvalue weighted by Crippen LogP contribution is -2.33.